The van der Waals surface area contributed by atoms with Crippen molar-refractivity contribution < 1.29 is 5.21 Å². The van der Waals surface area contributed by atoms with Gasteiger partial charge in [-0.25, -0.2) is 0 Å². The highest BCUT2D eigenvalue weighted by Crippen LogP contribution is 2.48. The maximum Gasteiger partial charge on any atom is 0.139 e. The highest BCUT2D eigenvalue weighted by molar-refractivity contribution is 5.80. The van der Waals surface area contributed by atoms with E-state index in [1.165, 1.54) is 0 Å². The molecule has 1 aliphatic rings. The Kier molecular flexibility index (Phi) is 3.45. The van der Waals surface area contributed by atoms with Gasteiger partial charge in [-0.1, -0.05) is 12.1 Å². The van der Waals surface area contributed by atoms with E-state index in [-0.39, 0.29) is 5.41 Å². The third-order valence-electron chi connectivity index (χ3n) is 3.54. The Morgan fingerprint density at radius 2 is 2.39 bits per heavy atom. The highest BCUT2D eigenvalue weighted by atomic mass is 16.4. The Bertz CT molecular complexity index is 447. The molecule has 1 aromatic heterocycles. The van der Waals surface area contributed by atoms with Crippen LogP contribution in [0.25, 0.3) is 0 Å². The molecule has 0 aromatic carbocycles. The predicted molar refractivity (Wildman–Crippen MR) is 70.8 cm³/mol. The summed E-state index contributed by atoms with van der Waals surface area (Å²) in [7, 11) is 1.92. The minimum Gasteiger partial charge on any atom is -0.409 e. The molecule has 4 N–H and O–H groups in total. The first-order chi connectivity index (χ1) is 8.58. The second-order valence-electron chi connectivity index (χ2n) is 5.14. The van der Waals surface area contributed by atoms with Gasteiger partial charge in [-0.15, -0.1) is 0 Å². The molecule has 6 nitrogen and oxygen atoms in total. The monoisotopic (exact) mass is 251 g/mol. The summed E-state index contributed by atoms with van der Waals surface area (Å²) in [4.78, 5) is 0. The van der Waals surface area contributed by atoms with E-state index in [4.69, 9.17) is 10.9 Å². The maximum atomic E-state index is 8.63. The van der Waals surface area contributed by atoms with E-state index in [1.807, 2.05) is 17.9 Å². The van der Waals surface area contributed by atoms with Gasteiger partial charge in [0, 0.05) is 26.2 Å². The number of nitrogens with one attached hydrogen (secondary N) is 1. The third-order valence-corrected chi connectivity index (χ3v) is 3.54. The fourth-order valence-electron chi connectivity index (χ4n) is 2.24. The van der Waals surface area contributed by atoms with Crippen LogP contribution in [0.2, 0.25) is 0 Å². The Labute approximate surface area is 107 Å². The van der Waals surface area contributed by atoms with Gasteiger partial charge in [0.25, 0.3) is 0 Å². The molecule has 6 heteroatoms. The van der Waals surface area contributed by atoms with Crippen molar-refractivity contribution in [3.63, 3.8) is 0 Å². The van der Waals surface area contributed by atoms with Crippen molar-refractivity contribution >= 4 is 11.5 Å². The lowest BCUT2D eigenvalue weighted by molar-refractivity contribution is 0.315. The molecule has 1 aliphatic carbocycles. The van der Waals surface area contributed by atoms with Crippen molar-refractivity contribution in [3.8, 4) is 0 Å². The first-order valence-corrected chi connectivity index (χ1v) is 6.31. The summed E-state index contributed by atoms with van der Waals surface area (Å²) in [5.74, 6) is 0.316. The number of oxime groups is 1. The second-order valence-corrected chi connectivity index (χ2v) is 5.14. The number of rotatable bonds is 6. The molecule has 1 heterocycles. The summed E-state index contributed by atoms with van der Waals surface area (Å²) in [6, 6.07) is 0. The average molecular weight is 251 g/mol. The van der Waals surface area contributed by atoms with Gasteiger partial charge in [0.05, 0.1) is 11.4 Å². The van der Waals surface area contributed by atoms with Gasteiger partial charge in [0.1, 0.15) is 5.84 Å². The molecule has 1 saturated carbocycles. The molecule has 0 spiro atoms. The third kappa shape index (κ3) is 2.75. The molecule has 18 heavy (non-hydrogen) atoms. The average Bonchev–Trinajstić information content (AvgIpc) is 3.02. The lowest BCUT2D eigenvalue weighted by Gasteiger charge is -2.15. The van der Waals surface area contributed by atoms with Crippen LogP contribution in [0.1, 0.15) is 31.9 Å². The van der Waals surface area contributed by atoms with Gasteiger partial charge < -0.3 is 16.3 Å². The molecule has 0 amide bonds. The Balaban J connectivity index is 1.95. The van der Waals surface area contributed by atoms with Crippen LogP contribution in [0.4, 0.5) is 5.69 Å². The topological polar surface area (TPSA) is 88.5 Å². The molecule has 0 atom stereocenters. The summed E-state index contributed by atoms with van der Waals surface area (Å²) in [5, 5.41) is 19.5. The Morgan fingerprint density at radius 1 is 1.67 bits per heavy atom. The van der Waals surface area contributed by atoms with Gasteiger partial charge in [0.15, 0.2) is 0 Å². The van der Waals surface area contributed by atoms with Crippen LogP contribution >= 0.6 is 0 Å². The molecular formula is C12H21N5O. The first-order valence-electron chi connectivity index (χ1n) is 6.31. The van der Waals surface area contributed by atoms with Crippen molar-refractivity contribution in [2.45, 2.75) is 32.6 Å². The van der Waals surface area contributed by atoms with Crippen LogP contribution in [0, 0.1) is 5.41 Å². The minimum absolute atomic E-state index is 0.164. The molecule has 0 bridgehead atoms. The molecule has 0 radical (unpaired) electrons. The number of aryl methyl sites for hydroxylation is 2. The van der Waals surface area contributed by atoms with E-state index in [9.17, 15) is 0 Å². The van der Waals surface area contributed by atoms with Gasteiger partial charge in [-0.05, 0) is 24.7 Å². The molecule has 0 aliphatic heterocycles. The zero-order valence-corrected chi connectivity index (χ0v) is 11.0. The fourth-order valence-corrected chi connectivity index (χ4v) is 2.24. The molecule has 0 saturated heterocycles. The Morgan fingerprint density at radius 3 is 2.94 bits per heavy atom. The van der Waals surface area contributed by atoms with Crippen LogP contribution in [0.3, 0.4) is 0 Å². The normalized spacial score (nSPS) is 17.8. The van der Waals surface area contributed by atoms with Crippen molar-refractivity contribution in [3.05, 3.63) is 11.9 Å². The molecule has 0 unspecified atom stereocenters. The Hall–Kier alpha value is -1.72. The molecule has 100 valence electrons. The quantitative estimate of drug-likeness (QED) is 0.308. The minimum atomic E-state index is 0.164. The van der Waals surface area contributed by atoms with Gasteiger partial charge in [-0.3, -0.25) is 4.68 Å². The van der Waals surface area contributed by atoms with E-state index < -0.39 is 0 Å². The van der Waals surface area contributed by atoms with E-state index in [1.54, 1.807) is 0 Å². The number of aromatic nitrogens is 2. The van der Waals surface area contributed by atoms with Crippen molar-refractivity contribution in [2.24, 2.45) is 23.4 Å². The number of nitrogens with zero attached hydrogens (tertiary/aromatic N) is 3. The van der Waals surface area contributed by atoms with E-state index in [0.717, 1.165) is 37.2 Å². The van der Waals surface area contributed by atoms with E-state index in [0.29, 0.717) is 12.3 Å². The number of nitrogens with two attached hydrogens (primary N) is 1. The number of hydrogen-bond acceptors (Lipinski definition) is 4. The molecule has 1 fully saturated rings. The summed E-state index contributed by atoms with van der Waals surface area (Å²) in [6.45, 7) is 2.94. The summed E-state index contributed by atoms with van der Waals surface area (Å²) in [6.07, 6.45) is 5.81. The van der Waals surface area contributed by atoms with Crippen LogP contribution in [0.5, 0.6) is 0 Å². The zero-order chi connectivity index (χ0) is 13.2. The lowest BCUT2D eigenvalue weighted by atomic mass is 10.0. The lowest BCUT2D eigenvalue weighted by Crippen LogP contribution is -2.23. The molecular weight excluding hydrogens is 230 g/mol. The number of amidine groups is 1. The van der Waals surface area contributed by atoms with Crippen LogP contribution in [0.15, 0.2) is 11.4 Å². The van der Waals surface area contributed by atoms with Crippen molar-refractivity contribution in [1.82, 2.24) is 9.78 Å². The predicted octanol–water partition coefficient (Wildman–Crippen LogP) is 1.31. The van der Waals surface area contributed by atoms with Gasteiger partial charge >= 0.3 is 0 Å². The molecule has 2 rings (SSSR count). The fraction of sp³-hybridized carbons (Fsp3) is 0.667. The van der Waals surface area contributed by atoms with Gasteiger partial charge in [0.2, 0.25) is 0 Å². The van der Waals surface area contributed by atoms with Crippen LogP contribution in [-0.2, 0) is 13.5 Å². The largest absolute Gasteiger partial charge is 0.409 e. The van der Waals surface area contributed by atoms with E-state index >= 15 is 0 Å². The van der Waals surface area contributed by atoms with Crippen LogP contribution in [-0.4, -0.2) is 27.4 Å². The highest BCUT2D eigenvalue weighted by Gasteiger charge is 2.43. The standard InChI is InChI=1S/C12H21N5O/c1-3-9-10(7-17(2)15-9)14-8-12(4-5-12)6-11(13)16-18/h7,14,18H,3-6,8H2,1-2H3,(H2,13,16). The molecule has 1 aromatic rings. The SMILES string of the molecule is CCc1nn(C)cc1NCC1(C/C(N)=N/O)CC1. The summed E-state index contributed by atoms with van der Waals surface area (Å²) >= 11 is 0. The first kappa shape index (κ1) is 12.7. The second kappa shape index (κ2) is 4.88. The van der Waals surface area contributed by atoms with Gasteiger partial charge in [-0.2, -0.15) is 5.10 Å². The van der Waals surface area contributed by atoms with Crippen molar-refractivity contribution in [2.75, 3.05) is 11.9 Å². The zero-order valence-electron chi connectivity index (χ0n) is 11.0. The maximum absolute atomic E-state index is 8.63. The summed E-state index contributed by atoms with van der Waals surface area (Å²) < 4.78 is 1.82. The summed E-state index contributed by atoms with van der Waals surface area (Å²) in [5.41, 5.74) is 7.92. The van der Waals surface area contributed by atoms with Crippen molar-refractivity contribution in [1.29, 1.82) is 0 Å². The van der Waals surface area contributed by atoms with Crippen LogP contribution < -0.4 is 11.1 Å². The number of hydrogen-bond donors (Lipinski definition) is 3. The van der Waals surface area contributed by atoms with E-state index in [2.05, 4.69) is 22.5 Å². The number of anilines is 1. The smallest absolute Gasteiger partial charge is 0.139 e.